The third kappa shape index (κ3) is 3.21. The van der Waals surface area contributed by atoms with Crippen LogP contribution < -0.4 is 4.74 Å². The average Bonchev–Trinajstić information content (AvgIpc) is 3.32. The number of Topliss-reactive ketones (excluding diaryl/α,β-unsaturated/α-hetero) is 1. The van der Waals surface area contributed by atoms with E-state index in [1.54, 1.807) is 48.7 Å². The zero-order valence-electron chi connectivity index (χ0n) is 16.5. The number of carbonyl (C=O) groups excluding carboxylic acids is 2. The topological polar surface area (TPSA) is 102 Å². The summed E-state index contributed by atoms with van der Waals surface area (Å²) in [4.78, 5) is 31.8. The van der Waals surface area contributed by atoms with Gasteiger partial charge in [0.2, 0.25) is 5.78 Å². The summed E-state index contributed by atoms with van der Waals surface area (Å²) in [5, 5.41) is 11.3. The van der Waals surface area contributed by atoms with Gasteiger partial charge in [-0.25, -0.2) is 0 Å². The molecule has 0 radical (unpaired) electrons. The Hall–Kier alpha value is -3.65. The molecule has 1 N–H and O–H groups in total. The fourth-order valence-electron chi connectivity index (χ4n) is 3.59. The normalized spacial score (nSPS) is 16.5. The van der Waals surface area contributed by atoms with E-state index in [2.05, 4.69) is 4.98 Å². The molecule has 1 atom stereocenters. The molecule has 0 spiro atoms. The standard InChI is InChI=1S/C22H20N2O6/c1-28-11-10-24-18(14-7-3-4-9-23-14)17(20(26)22(24)27)19(25)16-12-13-6-5-8-15(29-2)21(13)30-16/h3-9,12,18,26H,10-11H2,1-2H3. The van der Waals surface area contributed by atoms with Gasteiger partial charge in [-0.05, 0) is 24.3 Å². The summed E-state index contributed by atoms with van der Waals surface area (Å²) in [7, 11) is 3.02. The Bertz CT molecular complexity index is 1130. The Kier molecular flexibility index (Phi) is 5.24. The van der Waals surface area contributed by atoms with Gasteiger partial charge in [0.25, 0.3) is 5.91 Å². The number of para-hydroxylation sites is 1. The molecular weight excluding hydrogens is 388 g/mol. The van der Waals surface area contributed by atoms with Gasteiger partial charge in [-0.2, -0.15) is 0 Å². The molecule has 154 valence electrons. The summed E-state index contributed by atoms with van der Waals surface area (Å²) >= 11 is 0. The Labute approximate surface area is 172 Å². The number of pyridine rings is 1. The van der Waals surface area contributed by atoms with Gasteiger partial charge in [0.1, 0.15) is 6.04 Å². The van der Waals surface area contributed by atoms with Gasteiger partial charge in [0.15, 0.2) is 22.9 Å². The molecule has 1 aromatic carbocycles. The lowest BCUT2D eigenvalue weighted by Gasteiger charge is -2.25. The number of amides is 1. The summed E-state index contributed by atoms with van der Waals surface area (Å²) in [6.07, 6.45) is 1.57. The van der Waals surface area contributed by atoms with Crippen LogP contribution in [0.1, 0.15) is 22.3 Å². The first-order valence-electron chi connectivity index (χ1n) is 9.32. The molecule has 3 heterocycles. The van der Waals surface area contributed by atoms with Crippen molar-refractivity contribution in [3.63, 3.8) is 0 Å². The molecule has 1 unspecified atom stereocenters. The Morgan fingerprint density at radius 3 is 2.77 bits per heavy atom. The van der Waals surface area contributed by atoms with Crippen molar-refractivity contribution in [2.75, 3.05) is 27.4 Å². The molecule has 8 nitrogen and oxygen atoms in total. The van der Waals surface area contributed by atoms with Crippen molar-refractivity contribution in [2.45, 2.75) is 6.04 Å². The van der Waals surface area contributed by atoms with E-state index in [-0.39, 0.29) is 24.5 Å². The zero-order valence-corrected chi connectivity index (χ0v) is 16.5. The molecule has 4 rings (SSSR count). The molecule has 0 saturated carbocycles. The average molecular weight is 408 g/mol. The van der Waals surface area contributed by atoms with Gasteiger partial charge in [-0.1, -0.05) is 18.2 Å². The lowest BCUT2D eigenvalue weighted by atomic mass is 9.98. The molecule has 1 amide bonds. The summed E-state index contributed by atoms with van der Waals surface area (Å²) in [5.74, 6) is -1.37. The van der Waals surface area contributed by atoms with E-state index in [9.17, 15) is 14.7 Å². The maximum Gasteiger partial charge on any atom is 0.290 e. The fraction of sp³-hybridized carbons (Fsp3) is 0.227. The molecule has 0 aliphatic carbocycles. The minimum Gasteiger partial charge on any atom is -0.503 e. The van der Waals surface area contributed by atoms with Crippen LogP contribution in [-0.4, -0.2) is 54.1 Å². The Morgan fingerprint density at radius 1 is 1.23 bits per heavy atom. The van der Waals surface area contributed by atoms with Crippen LogP contribution in [0.25, 0.3) is 11.0 Å². The molecule has 0 fully saturated rings. The number of furan rings is 1. The third-order valence-electron chi connectivity index (χ3n) is 5.00. The van der Waals surface area contributed by atoms with E-state index < -0.39 is 23.5 Å². The highest BCUT2D eigenvalue weighted by molar-refractivity contribution is 6.16. The molecule has 3 aromatic rings. The van der Waals surface area contributed by atoms with Crippen LogP contribution in [-0.2, 0) is 9.53 Å². The predicted molar refractivity (Wildman–Crippen MR) is 107 cm³/mol. The first kappa shape index (κ1) is 19.7. The number of methoxy groups -OCH3 is 2. The van der Waals surface area contributed by atoms with E-state index in [4.69, 9.17) is 13.9 Å². The lowest BCUT2D eigenvalue weighted by Crippen LogP contribution is -2.34. The summed E-state index contributed by atoms with van der Waals surface area (Å²) in [6, 6.07) is 11.2. The summed E-state index contributed by atoms with van der Waals surface area (Å²) in [6.45, 7) is 0.428. The van der Waals surface area contributed by atoms with Crippen molar-refractivity contribution >= 4 is 22.7 Å². The first-order valence-corrected chi connectivity index (χ1v) is 9.32. The molecule has 30 heavy (non-hydrogen) atoms. The van der Waals surface area contributed by atoms with Crippen molar-refractivity contribution in [3.05, 3.63) is 71.4 Å². The Morgan fingerprint density at radius 2 is 2.07 bits per heavy atom. The summed E-state index contributed by atoms with van der Waals surface area (Å²) < 4.78 is 16.1. The number of hydrogen-bond acceptors (Lipinski definition) is 7. The minimum atomic E-state index is -0.851. The number of hydrogen-bond donors (Lipinski definition) is 1. The van der Waals surface area contributed by atoms with Crippen LogP contribution in [0, 0.1) is 0 Å². The predicted octanol–water partition coefficient (Wildman–Crippen LogP) is 3.06. The summed E-state index contributed by atoms with van der Waals surface area (Å²) in [5.41, 5.74) is 0.800. The highest BCUT2D eigenvalue weighted by Gasteiger charge is 2.45. The Balaban J connectivity index is 1.80. The number of ether oxygens (including phenoxy) is 2. The first-order chi connectivity index (χ1) is 14.6. The number of carbonyl (C=O) groups is 2. The van der Waals surface area contributed by atoms with Crippen molar-refractivity contribution in [1.82, 2.24) is 9.88 Å². The van der Waals surface area contributed by atoms with Crippen molar-refractivity contribution in [2.24, 2.45) is 0 Å². The van der Waals surface area contributed by atoms with Gasteiger partial charge in [0, 0.05) is 25.2 Å². The van der Waals surface area contributed by atoms with Gasteiger partial charge in [-0.3, -0.25) is 14.6 Å². The molecule has 0 saturated heterocycles. The van der Waals surface area contributed by atoms with E-state index in [1.807, 2.05) is 0 Å². The van der Waals surface area contributed by atoms with Crippen molar-refractivity contribution < 1.29 is 28.6 Å². The molecule has 1 aliphatic rings. The van der Waals surface area contributed by atoms with E-state index in [0.29, 0.717) is 22.4 Å². The van der Waals surface area contributed by atoms with Gasteiger partial charge in [-0.15, -0.1) is 0 Å². The number of aromatic nitrogens is 1. The maximum absolute atomic E-state index is 13.4. The number of aliphatic hydroxyl groups excluding tert-OH is 1. The highest BCUT2D eigenvalue weighted by Crippen LogP contribution is 2.39. The van der Waals surface area contributed by atoms with Gasteiger partial charge >= 0.3 is 0 Å². The van der Waals surface area contributed by atoms with Crippen LogP contribution >= 0.6 is 0 Å². The van der Waals surface area contributed by atoms with E-state index in [1.165, 1.54) is 19.1 Å². The van der Waals surface area contributed by atoms with Gasteiger partial charge in [0.05, 0.1) is 25.0 Å². The van der Waals surface area contributed by atoms with Crippen LogP contribution in [0.2, 0.25) is 0 Å². The van der Waals surface area contributed by atoms with E-state index >= 15 is 0 Å². The minimum absolute atomic E-state index is 0.00151. The highest BCUT2D eigenvalue weighted by atomic mass is 16.5. The molecule has 0 bridgehead atoms. The SMILES string of the molecule is COCCN1C(=O)C(O)=C(C(=O)c2cc3cccc(OC)c3o2)C1c1ccccn1. The molecule has 8 heteroatoms. The largest absolute Gasteiger partial charge is 0.503 e. The van der Waals surface area contributed by atoms with Crippen LogP contribution in [0.3, 0.4) is 0 Å². The van der Waals surface area contributed by atoms with Crippen molar-refractivity contribution in [1.29, 1.82) is 0 Å². The number of nitrogens with zero attached hydrogens (tertiary/aromatic N) is 2. The van der Waals surface area contributed by atoms with E-state index in [0.717, 1.165) is 0 Å². The monoisotopic (exact) mass is 408 g/mol. The molecular formula is C22H20N2O6. The smallest absolute Gasteiger partial charge is 0.290 e. The lowest BCUT2D eigenvalue weighted by molar-refractivity contribution is -0.130. The third-order valence-corrected chi connectivity index (χ3v) is 5.00. The van der Waals surface area contributed by atoms with Crippen LogP contribution in [0.5, 0.6) is 5.75 Å². The molecule has 1 aliphatic heterocycles. The van der Waals surface area contributed by atoms with Crippen molar-refractivity contribution in [3.8, 4) is 5.75 Å². The van der Waals surface area contributed by atoms with Crippen LogP contribution in [0.15, 0.2) is 64.4 Å². The second kappa shape index (κ2) is 8.00. The van der Waals surface area contributed by atoms with Crippen LogP contribution in [0.4, 0.5) is 0 Å². The number of ketones is 1. The van der Waals surface area contributed by atoms with Gasteiger partial charge < -0.3 is 23.9 Å². The number of fused-ring (bicyclic) bond motifs is 1. The second-order valence-electron chi connectivity index (χ2n) is 6.73. The molecule has 2 aromatic heterocycles. The maximum atomic E-state index is 13.4. The fourth-order valence-corrected chi connectivity index (χ4v) is 3.59. The number of aliphatic hydroxyl groups is 1. The number of benzene rings is 1. The number of rotatable bonds is 7. The second-order valence-corrected chi connectivity index (χ2v) is 6.73. The zero-order chi connectivity index (χ0) is 21.3. The quantitative estimate of drug-likeness (QED) is 0.600.